The zero-order valence-corrected chi connectivity index (χ0v) is 40.4. The van der Waals surface area contributed by atoms with Crippen LogP contribution in [0.5, 0.6) is 0 Å². The average molecular weight is 922 g/mol. The van der Waals surface area contributed by atoms with E-state index in [2.05, 4.69) is 135 Å². The van der Waals surface area contributed by atoms with Crippen LogP contribution in [0.3, 0.4) is 0 Å². The van der Waals surface area contributed by atoms with E-state index in [1.807, 2.05) is 49.8 Å². The Morgan fingerprint density at radius 2 is 1.28 bits per heavy atom. The van der Waals surface area contributed by atoms with E-state index in [1.54, 1.807) is 35.5 Å². The zero-order chi connectivity index (χ0) is 45.7. The van der Waals surface area contributed by atoms with Crippen LogP contribution in [0.1, 0.15) is 134 Å². The van der Waals surface area contributed by atoms with E-state index in [-0.39, 0.29) is 23.7 Å². The normalized spacial score (nSPS) is 12.2. The van der Waals surface area contributed by atoms with Crippen molar-refractivity contribution in [3.63, 3.8) is 0 Å². The van der Waals surface area contributed by atoms with Gasteiger partial charge in [0.1, 0.15) is 0 Å². The van der Waals surface area contributed by atoms with E-state index in [4.69, 9.17) is 33.4 Å². The Balaban J connectivity index is 0.000000415. The molecule has 322 valence electrons. The lowest BCUT2D eigenvalue weighted by Crippen LogP contribution is -2.15. The molecule has 0 amide bonds. The number of rotatable bonds is 16. The highest BCUT2D eigenvalue weighted by Gasteiger charge is 2.20. The fraction of sp³-hybridized carbons (Fsp3) is 0.460. The standard InChI is InChI=1S/C17H18N2S.C13H14N2.C11H18O2.C9H11BrN2S/c1-13(2)17(8-9-18)14-10-16(12-19-11-14)20-15-6-4-3-5-7-15;1-4-11-7-12(9-15-8-11)13(5-6-14)10(2)3;1-5-7-10(9(3)4)8-11(12)13-6-2;1-6(2)7(3-4-11)8-5-12-9(10)13-8/h3-7,10-13,17H,8H2,1-2H3;1,7-10,13H,5H2,2-3H3;1,9-10H,6-8H2,2-4H3;5-7H,3H2,1-2H3. The summed E-state index contributed by atoms with van der Waals surface area (Å²) in [6.07, 6.45) is 22.3. The van der Waals surface area contributed by atoms with Crippen LogP contribution in [0.2, 0.25) is 0 Å². The highest BCUT2D eigenvalue weighted by Crippen LogP contribution is 2.34. The lowest BCUT2D eigenvalue weighted by molar-refractivity contribution is -0.144. The molecule has 1 aromatic carbocycles. The zero-order valence-electron chi connectivity index (χ0n) is 37.1. The van der Waals surface area contributed by atoms with Crippen LogP contribution in [0.4, 0.5) is 0 Å². The molecule has 0 saturated carbocycles. The topological polar surface area (TPSA) is 136 Å². The van der Waals surface area contributed by atoms with E-state index in [0.717, 1.165) is 25.5 Å². The van der Waals surface area contributed by atoms with Gasteiger partial charge in [0.25, 0.3) is 0 Å². The Kier molecular flexibility index (Phi) is 27.4. The van der Waals surface area contributed by atoms with Gasteiger partial charge in [0.2, 0.25) is 0 Å². The fourth-order valence-electron chi connectivity index (χ4n) is 6.06. The average Bonchev–Trinajstić information content (AvgIpc) is 3.67. The van der Waals surface area contributed by atoms with Crippen LogP contribution >= 0.6 is 39.0 Å². The fourth-order valence-corrected chi connectivity index (χ4v) is 8.51. The first-order valence-corrected chi connectivity index (χ1v) is 23.0. The van der Waals surface area contributed by atoms with Gasteiger partial charge in [-0.3, -0.25) is 14.8 Å². The predicted octanol–water partition coefficient (Wildman–Crippen LogP) is 13.4. The molecule has 3 aromatic heterocycles. The number of hydrogen-bond acceptors (Lipinski definition) is 10. The third-order valence-corrected chi connectivity index (χ3v) is 12.3. The molecule has 8 nitrogen and oxygen atoms in total. The van der Waals surface area contributed by atoms with Crippen molar-refractivity contribution in [1.29, 1.82) is 15.8 Å². The van der Waals surface area contributed by atoms with Crippen molar-refractivity contribution in [2.24, 2.45) is 29.6 Å². The number of pyridine rings is 2. The summed E-state index contributed by atoms with van der Waals surface area (Å²) in [5, 5.41) is 26.4. The van der Waals surface area contributed by atoms with Gasteiger partial charge in [0.15, 0.2) is 3.92 Å². The van der Waals surface area contributed by atoms with Gasteiger partial charge in [0.05, 0.1) is 24.8 Å². The van der Waals surface area contributed by atoms with E-state index in [1.165, 1.54) is 9.77 Å². The maximum atomic E-state index is 11.1. The first-order chi connectivity index (χ1) is 29.1. The molecular formula is C50H61BrN6O2S2. The monoisotopic (exact) mass is 920 g/mol. The number of hydrogen-bond donors (Lipinski definition) is 0. The Labute approximate surface area is 383 Å². The number of carbonyl (C=O) groups is 1. The van der Waals surface area contributed by atoms with Crippen molar-refractivity contribution in [2.45, 2.75) is 122 Å². The Bertz CT molecular complexity index is 2080. The van der Waals surface area contributed by atoms with Gasteiger partial charge < -0.3 is 4.74 Å². The Morgan fingerprint density at radius 3 is 1.74 bits per heavy atom. The smallest absolute Gasteiger partial charge is 0.306 e. The Hall–Kier alpha value is -4.96. The third-order valence-electron chi connectivity index (χ3n) is 9.76. The van der Waals surface area contributed by atoms with E-state index in [9.17, 15) is 4.79 Å². The SMILES string of the molecule is C#CCC(CC(=O)OCC)C(C)C.C#Cc1cncc(C(CC#N)C(C)C)c1.CC(C)C(CC#N)c1cnc(Br)s1.CC(C)C(CC#N)c1cncc(Sc2ccccc2)c1. The summed E-state index contributed by atoms with van der Waals surface area (Å²) in [4.78, 5) is 27.2. The van der Waals surface area contributed by atoms with Crippen LogP contribution in [-0.2, 0) is 9.53 Å². The second-order valence-electron chi connectivity index (χ2n) is 15.6. The molecule has 4 atom stereocenters. The summed E-state index contributed by atoms with van der Waals surface area (Å²) in [6, 6.07) is 21.1. The first kappa shape index (κ1) is 54.1. The first-order valence-electron chi connectivity index (χ1n) is 20.6. The van der Waals surface area contributed by atoms with Gasteiger partial charge in [-0.2, -0.15) is 15.8 Å². The predicted molar refractivity (Wildman–Crippen MR) is 253 cm³/mol. The third kappa shape index (κ3) is 21.4. The number of aromatic nitrogens is 3. The van der Waals surface area contributed by atoms with Gasteiger partial charge in [-0.15, -0.1) is 30.1 Å². The van der Waals surface area contributed by atoms with Crippen LogP contribution < -0.4 is 0 Å². The molecule has 0 radical (unpaired) electrons. The number of thiazole rings is 1. The molecule has 0 spiro atoms. The van der Waals surface area contributed by atoms with Gasteiger partial charge in [0, 0.05) is 101 Å². The number of halogens is 1. The molecule has 0 saturated heterocycles. The van der Waals surface area contributed by atoms with E-state index in [0.29, 0.717) is 68.3 Å². The molecule has 0 fully saturated rings. The summed E-state index contributed by atoms with van der Waals surface area (Å²) in [5.41, 5.74) is 2.99. The highest BCUT2D eigenvalue weighted by molar-refractivity contribution is 9.11. The number of carbonyl (C=O) groups excluding carboxylic acids is 1. The van der Waals surface area contributed by atoms with Crippen molar-refractivity contribution in [1.82, 2.24) is 15.0 Å². The molecule has 0 N–H and O–H groups in total. The molecule has 4 rings (SSSR count). The van der Waals surface area contributed by atoms with Crippen LogP contribution in [0, 0.1) is 88.3 Å². The van der Waals surface area contributed by atoms with Crippen molar-refractivity contribution in [3.8, 4) is 42.9 Å². The minimum absolute atomic E-state index is 0.142. The lowest BCUT2D eigenvalue weighted by atomic mass is 9.87. The molecule has 0 aliphatic heterocycles. The van der Waals surface area contributed by atoms with E-state index >= 15 is 0 Å². The summed E-state index contributed by atoms with van der Waals surface area (Å²) in [6.45, 7) is 19.2. The largest absolute Gasteiger partial charge is 0.466 e. The quantitative estimate of drug-likeness (QED) is 0.0794. The molecule has 0 bridgehead atoms. The van der Waals surface area contributed by atoms with Gasteiger partial charge >= 0.3 is 5.97 Å². The van der Waals surface area contributed by atoms with E-state index < -0.39 is 0 Å². The summed E-state index contributed by atoms with van der Waals surface area (Å²) < 4.78 is 5.76. The van der Waals surface area contributed by atoms with Crippen LogP contribution in [0.15, 0.2) is 87.2 Å². The maximum absolute atomic E-state index is 11.1. The minimum atomic E-state index is -0.142. The number of benzene rings is 1. The second-order valence-corrected chi connectivity index (χ2v) is 19.1. The maximum Gasteiger partial charge on any atom is 0.306 e. The van der Waals surface area contributed by atoms with Crippen molar-refractivity contribution in [3.05, 3.63) is 98.9 Å². The van der Waals surface area contributed by atoms with Crippen LogP contribution in [0.25, 0.3) is 0 Å². The minimum Gasteiger partial charge on any atom is -0.466 e. The number of nitrogens with zero attached hydrogens (tertiary/aromatic N) is 6. The van der Waals surface area contributed by atoms with Gasteiger partial charge in [-0.05, 0) is 87.8 Å². The molecule has 0 aliphatic carbocycles. The number of terminal acetylenes is 2. The summed E-state index contributed by atoms with van der Waals surface area (Å²) in [7, 11) is 0. The van der Waals surface area contributed by atoms with Crippen molar-refractivity contribution in [2.75, 3.05) is 6.61 Å². The lowest BCUT2D eigenvalue weighted by Gasteiger charge is -2.18. The molecule has 0 aliphatic rings. The summed E-state index contributed by atoms with van der Waals surface area (Å²) in [5.74, 6) is 7.84. The molecule has 4 aromatic rings. The molecule has 61 heavy (non-hydrogen) atoms. The molecular weight excluding hydrogens is 861 g/mol. The van der Waals surface area contributed by atoms with Crippen LogP contribution in [-0.4, -0.2) is 27.5 Å². The van der Waals surface area contributed by atoms with Crippen molar-refractivity contribution < 1.29 is 9.53 Å². The summed E-state index contributed by atoms with van der Waals surface area (Å²) >= 11 is 6.65. The number of ether oxygens (including phenoxy) is 1. The highest BCUT2D eigenvalue weighted by atomic mass is 79.9. The molecule has 11 heteroatoms. The molecule has 3 heterocycles. The Morgan fingerprint density at radius 1 is 0.738 bits per heavy atom. The molecule has 4 unspecified atom stereocenters. The van der Waals surface area contributed by atoms with Crippen molar-refractivity contribution >= 4 is 45.0 Å². The second kappa shape index (κ2) is 31.0. The van der Waals surface area contributed by atoms with Gasteiger partial charge in [-0.25, -0.2) is 4.98 Å². The van der Waals surface area contributed by atoms with Gasteiger partial charge in [-0.1, -0.05) is 91.3 Å². The number of esters is 1. The number of nitriles is 3.